The number of hydrogen-bond donors (Lipinski definition) is 2. The molecular weight excluding hydrogens is 298 g/mol. The van der Waals surface area contributed by atoms with Crippen LogP contribution in [0, 0.1) is 6.92 Å². The van der Waals surface area contributed by atoms with Crippen LogP contribution >= 0.6 is 0 Å². The molecule has 0 bridgehead atoms. The summed E-state index contributed by atoms with van der Waals surface area (Å²) < 4.78 is 5.18. The topological polar surface area (TPSA) is 45.7 Å². The number of hydrogen-bond acceptors (Lipinski definition) is 2. The van der Waals surface area contributed by atoms with Crippen LogP contribution in [0.1, 0.15) is 23.1 Å². The zero-order chi connectivity index (χ0) is 17.2. The van der Waals surface area contributed by atoms with Gasteiger partial charge in [-0.1, -0.05) is 42.0 Å². The lowest BCUT2D eigenvalue weighted by atomic mass is 10.1. The molecule has 0 amide bonds. The minimum absolute atomic E-state index is 0.778. The Morgan fingerprint density at radius 3 is 2.50 bits per heavy atom. The molecule has 2 N–H and O–H groups in total. The number of nitrogens with zero attached hydrogens (tertiary/aromatic N) is 1. The van der Waals surface area contributed by atoms with Crippen LogP contribution in [-0.2, 0) is 13.0 Å². The predicted molar refractivity (Wildman–Crippen MR) is 101 cm³/mol. The molecule has 0 aliphatic rings. The highest BCUT2D eigenvalue weighted by Crippen LogP contribution is 2.12. The van der Waals surface area contributed by atoms with Crippen molar-refractivity contribution in [1.82, 2.24) is 10.6 Å². The van der Waals surface area contributed by atoms with Gasteiger partial charge in [0.15, 0.2) is 5.96 Å². The highest BCUT2D eigenvalue weighted by Gasteiger charge is 1.99. The summed E-state index contributed by atoms with van der Waals surface area (Å²) in [7, 11) is 3.49. The van der Waals surface area contributed by atoms with Crippen LogP contribution in [0.4, 0.5) is 0 Å². The first-order chi connectivity index (χ1) is 11.7. The molecule has 0 saturated heterocycles. The van der Waals surface area contributed by atoms with Gasteiger partial charge in [-0.25, -0.2) is 0 Å². The highest BCUT2D eigenvalue weighted by atomic mass is 16.5. The van der Waals surface area contributed by atoms with E-state index in [9.17, 15) is 0 Å². The van der Waals surface area contributed by atoms with Crippen LogP contribution in [0.15, 0.2) is 53.5 Å². The third kappa shape index (κ3) is 5.95. The number of nitrogens with one attached hydrogen (secondary N) is 2. The van der Waals surface area contributed by atoms with Crippen molar-refractivity contribution in [2.75, 3.05) is 20.7 Å². The first kappa shape index (κ1) is 17.9. The Morgan fingerprint density at radius 1 is 1.04 bits per heavy atom. The largest absolute Gasteiger partial charge is 0.497 e. The van der Waals surface area contributed by atoms with Gasteiger partial charge in [0.05, 0.1) is 7.11 Å². The summed E-state index contributed by atoms with van der Waals surface area (Å²) in [5, 5.41) is 6.71. The molecule has 24 heavy (non-hydrogen) atoms. The third-order valence-electron chi connectivity index (χ3n) is 3.86. The van der Waals surface area contributed by atoms with Crippen LogP contribution in [0.5, 0.6) is 5.75 Å². The molecule has 0 spiro atoms. The molecule has 2 rings (SSSR count). The number of rotatable bonds is 7. The zero-order valence-corrected chi connectivity index (χ0v) is 14.8. The van der Waals surface area contributed by atoms with E-state index in [0.29, 0.717) is 0 Å². The van der Waals surface area contributed by atoms with Crippen molar-refractivity contribution in [2.45, 2.75) is 26.3 Å². The second kappa shape index (κ2) is 9.60. The summed E-state index contributed by atoms with van der Waals surface area (Å²) >= 11 is 0. The van der Waals surface area contributed by atoms with Crippen LogP contribution in [0.2, 0.25) is 0 Å². The summed E-state index contributed by atoms with van der Waals surface area (Å²) in [5.74, 6) is 1.74. The zero-order valence-electron chi connectivity index (χ0n) is 14.8. The molecule has 4 nitrogen and oxygen atoms in total. The predicted octanol–water partition coefficient (Wildman–Crippen LogP) is 3.30. The summed E-state index contributed by atoms with van der Waals surface area (Å²) in [6, 6.07) is 16.7. The maximum absolute atomic E-state index is 5.18. The standard InChI is InChI=1S/C20H27N3O/c1-16-6-4-7-18(14-16)15-23-20(21-2)22-13-5-8-17-9-11-19(24-3)12-10-17/h4,6-7,9-12,14H,5,8,13,15H2,1-3H3,(H2,21,22,23). The lowest BCUT2D eigenvalue weighted by molar-refractivity contribution is 0.414. The van der Waals surface area contributed by atoms with Gasteiger partial charge in [0.2, 0.25) is 0 Å². The van der Waals surface area contributed by atoms with Crippen molar-refractivity contribution in [3.63, 3.8) is 0 Å². The van der Waals surface area contributed by atoms with Gasteiger partial charge < -0.3 is 15.4 Å². The number of aryl methyl sites for hydroxylation is 2. The SMILES string of the molecule is CN=C(NCCCc1ccc(OC)cc1)NCc1cccc(C)c1. The smallest absolute Gasteiger partial charge is 0.191 e. The van der Waals surface area contributed by atoms with Crippen molar-refractivity contribution < 1.29 is 4.74 Å². The van der Waals surface area contributed by atoms with Crippen molar-refractivity contribution >= 4 is 5.96 Å². The minimum atomic E-state index is 0.778. The van der Waals surface area contributed by atoms with E-state index in [1.807, 2.05) is 12.1 Å². The van der Waals surface area contributed by atoms with Crippen molar-refractivity contribution in [1.29, 1.82) is 0 Å². The average Bonchev–Trinajstić information content (AvgIpc) is 2.61. The molecule has 0 saturated carbocycles. The molecule has 2 aromatic rings. The van der Waals surface area contributed by atoms with Gasteiger partial charge in [0, 0.05) is 20.1 Å². The van der Waals surface area contributed by atoms with Gasteiger partial charge >= 0.3 is 0 Å². The van der Waals surface area contributed by atoms with Gasteiger partial charge in [0.25, 0.3) is 0 Å². The lowest BCUT2D eigenvalue weighted by Gasteiger charge is -2.12. The molecule has 0 fully saturated rings. The molecule has 4 heteroatoms. The molecule has 0 aliphatic heterocycles. The van der Waals surface area contributed by atoms with E-state index in [4.69, 9.17) is 4.74 Å². The Labute approximate surface area is 145 Å². The molecule has 2 aromatic carbocycles. The molecule has 0 aliphatic carbocycles. The van der Waals surface area contributed by atoms with Crippen molar-refractivity contribution in [3.8, 4) is 5.75 Å². The Bertz CT molecular complexity index is 650. The number of ether oxygens (including phenoxy) is 1. The fourth-order valence-electron chi connectivity index (χ4n) is 2.52. The summed E-state index contributed by atoms with van der Waals surface area (Å²) in [5.41, 5.74) is 3.85. The minimum Gasteiger partial charge on any atom is -0.497 e. The van der Waals surface area contributed by atoms with Gasteiger partial charge in [-0.05, 0) is 43.0 Å². The Morgan fingerprint density at radius 2 is 1.83 bits per heavy atom. The normalized spacial score (nSPS) is 11.2. The van der Waals surface area contributed by atoms with Crippen LogP contribution in [-0.4, -0.2) is 26.7 Å². The van der Waals surface area contributed by atoms with Crippen molar-refractivity contribution in [2.24, 2.45) is 4.99 Å². The lowest BCUT2D eigenvalue weighted by Crippen LogP contribution is -2.37. The fraction of sp³-hybridized carbons (Fsp3) is 0.350. The van der Waals surface area contributed by atoms with Gasteiger partial charge in [-0.15, -0.1) is 0 Å². The Kier molecular flexibility index (Phi) is 7.15. The Hall–Kier alpha value is -2.49. The van der Waals surface area contributed by atoms with E-state index in [-0.39, 0.29) is 0 Å². The van der Waals surface area contributed by atoms with E-state index in [1.54, 1.807) is 14.2 Å². The van der Waals surface area contributed by atoms with E-state index >= 15 is 0 Å². The van der Waals surface area contributed by atoms with Crippen molar-refractivity contribution in [3.05, 3.63) is 65.2 Å². The number of aliphatic imine (C=N–C) groups is 1. The monoisotopic (exact) mass is 325 g/mol. The fourth-order valence-corrected chi connectivity index (χ4v) is 2.52. The van der Waals surface area contributed by atoms with E-state index < -0.39 is 0 Å². The molecule has 0 radical (unpaired) electrons. The molecular formula is C20H27N3O. The summed E-state index contributed by atoms with van der Waals surface area (Å²) in [6.07, 6.45) is 2.09. The Balaban J connectivity index is 1.69. The number of benzene rings is 2. The maximum Gasteiger partial charge on any atom is 0.191 e. The first-order valence-corrected chi connectivity index (χ1v) is 8.34. The summed E-state index contributed by atoms with van der Waals surface area (Å²) in [6.45, 7) is 3.77. The van der Waals surface area contributed by atoms with Crippen LogP contribution < -0.4 is 15.4 Å². The summed E-state index contributed by atoms with van der Waals surface area (Å²) in [4.78, 5) is 4.27. The van der Waals surface area contributed by atoms with Gasteiger partial charge in [-0.3, -0.25) is 4.99 Å². The first-order valence-electron chi connectivity index (χ1n) is 8.34. The molecule has 128 valence electrons. The van der Waals surface area contributed by atoms with E-state index in [0.717, 1.165) is 37.6 Å². The number of methoxy groups -OCH3 is 1. The van der Waals surface area contributed by atoms with E-state index in [1.165, 1.54) is 16.7 Å². The molecule has 0 atom stereocenters. The maximum atomic E-state index is 5.18. The second-order valence-electron chi connectivity index (χ2n) is 5.79. The van der Waals surface area contributed by atoms with Crippen LogP contribution in [0.25, 0.3) is 0 Å². The molecule has 0 heterocycles. The van der Waals surface area contributed by atoms with Gasteiger partial charge in [0.1, 0.15) is 5.75 Å². The second-order valence-corrected chi connectivity index (χ2v) is 5.79. The third-order valence-corrected chi connectivity index (χ3v) is 3.86. The quantitative estimate of drug-likeness (QED) is 0.466. The number of guanidine groups is 1. The molecule has 0 aromatic heterocycles. The van der Waals surface area contributed by atoms with Crippen LogP contribution in [0.3, 0.4) is 0 Å². The molecule has 0 unspecified atom stereocenters. The van der Waals surface area contributed by atoms with E-state index in [2.05, 4.69) is 58.9 Å². The average molecular weight is 325 g/mol. The highest BCUT2D eigenvalue weighted by molar-refractivity contribution is 5.79. The van der Waals surface area contributed by atoms with Gasteiger partial charge in [-0.2, -0.15) is 0 Å².